The maximum atomic E-state index is 4.91. The molecule has 0 saturated carbocycles. The van der Waals surface area contributed by atoms with Gasteiger partial charge in [0.25, 0.3) is 0 Å². The predicted molar refractivity (Wildman–Crippen MR) is 26.6 cm³/mol. The molecule has 0 bridgehead atoms. The first-order valence-corrected chi connectivity index (χ1v) is 3.27. The molecule has 0 radical (unpaired) electrons. The second-order valence-corrected chi connectivity index (χ2v) is 2.98. The molecule has 0 saturated heterocycles. The highest BCUT2D eigenvalue weighted by molar-refractivity contribution is 7.66. The molecule has 0 spiro atoms. The van der Waals surface area contributed by atoms with Crippen molar-refractivity contribution in [3.8, 4) is 0 Å². The van der Waals surface area contributed by atoms with Crippen LogP contribution in [0.5, 0.6) is 0 Å². The van der Waals surface area contributed by atoms with Crippen molar-refractivity contribution in [1.29, 1.82) is 0 Å². The molecule has 6 N–H and O–H groups in total. The lowest BCUT2D eigenvalue weighted by Gasteiger charge is -1.98. The molecule has 0 fully saturated rings. The first-order valence-electron chi connectivity index (χ1n) is 1.09. The van der Waals surface area contributed by atoms with E-state index in [1.165, 1.54) is 0 Å². The molecule has 0 unspecified atom stereocenters. The molecule has 0 heterocycles. The van der Waals surface area contributed by atoms with Crippen LogP contribution in [0.4, 0.5) is 0 Å². The normalized spacial score (nSPS) is 11.8. The van der Waals surface area contributed by atoms with Crippen LogP contribution in [-0.2, 0) is 0 Å². The number of rotatable bonds is 0. The van der Waals surface area contributed by atoms with Crippen LogP contribution in [0.15, 0.2) is 0 Å². The van der Waals surface area contributed by atoms with Gasteiger partial charge in [0.1, 0.15) is 0 Å². The maximum absolute atomic E-state index is 4.91. The minimum atomic E-state index is -2.14. The summed E-state index contributed by atoms with van der Waals surface area (Å²) in [7, 11) is -2.14. The molecule has 0 aliphatic rings. The van der Waals surface area contributed by atoms with E-state index in [2.05, 4.69) is 6.30 Å². The molecule has 0 aliphatic heterocycles. The van der Waals surface area contributed by atoms with Crippen LogP contribution < -0.4 is 16.5 Å². The van der Waals surface area contributed by atoms with Gasteiger partial charge in [-0.15, -0.1) is 0 Å². The third-order valence-electron chi connectivity index (χ3n) is 0. The zero-order chi connectivity index (χ0) is 4.50. The molecule has 0 aliphatic carbocycles. The second kappa shape index (κ2) is 1.11. The molecular formula is CH8N3P. The van der Waals surface area contributed by atoms with E-state index >= 15 is 0 Å². The number of hydrogen-bond donors (Lipinski definition) is 3. The first-order chi connectivity index (χ1) is 2.00. The van der Waals surface area contributed by atoms with Crippen molar-refractivity contribution >= 4 is 13.6 Å². The van der Waals surface area contributed by atoms with Crippen LogP contribution in [0.25, 0.3) is 0 Å². The molecule has 32 valence electrons. The summed E-state index contributed by atoms with van der Waals surface area (Å²) in [5.74, 6) is 0. The van der Waals surface area contributed by atoms with E-state index in [-0.39, 0.29) is 0 Å². The van der Waals surface area contributed by atoms with Gasteiger partial charge in [-0.05, 0) is 0 Å². The van der Waals surface area contributed by atoms with Gasteiger partial charge in [-0.25, -0.2) is 0 Å². The smallest absolute Gasteiger partial charge is 0.0585 e. The van der Waals surface area contributed by atoms with Crippen LogP contribution >= 0.6 is 7.34 Å². The van der Waals surface area contributed by atoms with Gasteiger partial charge in [-0.3, -0.25) is 16.5 Å². The summed E-state index contributed by atoms with van der Waals surface area (Å²) in [5.41, 5.74) is 14.7. The lowest BCUT2D eigenvalue weighted by Crippen LogP contribution is -2.12. The largest absolute Gasteiger partial charge is 0.289 e. The summed E-state index contributed by atoms with van der Waals surface area (Å²) >= 11 is 0. The Morgan fingerprint density at radius 3 is 1.20 bits per heavy atom. The first kappa shape index (κ1) is 5.18. The van der Waals surface area contributed by atoms with Crippen molar-refractivity contribution in [3.05, 3.63) is 0 Å². The van der Waals surface area contributed by atoms with Crippen LogP contribution in [0.1, 0.15) is 0 Å². The molecule has 5 heavy (non-hydrogen) atoms. The van der Waals surface area contributed by atoms with Crippen molar-refractivity contribution in [2.45, 2.75) is 0 Å². The Bertz CT molecular complexity index is 53.0. The monoisotopic (exact) mass is 93.0 g/mol. The third-order valence-corrected chi connectivity index (χ3v) is 0. The summed E-state index contributed by atoms with van der Waals surface area (Å²) in [6, 6.07) is 0. The van der Waals surface area contributed by atoms with E-state index in [9.17, 15) is 0 Å². The van der Waals surface area contributed by atoms with E-state index in [0.717, 1.165) is 0 Å². The predicted octanol–water partition coefficient (Wildman–Crippen LogP) is -0.943. The van der Waals surface area contributed by atoms with Crippen molar-refractivity contribution in [3.63, 3.8) is 0 Å². The van der Waals surface area contributed by atoms with E-state index in [4.69, 9.17) is 16.5 Å². The topological polar surface area (TPSA) is 78.1 Å². The van der Waals surface area contributed by atoms with E-state index in [1.807, 2.05) is 0 Å². The minimum Gasteiger partial charge on any atom is -0.289 e. The molecule has 0 aromatic carbocycles. The molecule has 0 rings (SSSR count). The highest BCUT2D eigenvalue weighted by atomic mass is 31.2. The highest BCUT2D eigenvalue weighted by Gasteiger charge is 1.78. The van der Waals surface area contributed by atoms with E-state index in [0.29, 0.717) is 0 Å². The summed E-state index contributed by atoms with van der Waals surface area (Å²) in [4.78, 5) is 0. The molecular weight excluding hydrogens is 85.0 g/mol. The summed E-state index contributed by atoms with van der Waals surface area (Å²) in [6.45, 7) is 0. The maximum Gasteiger partial charge on any atom is 0.0585 e. The second-order valence-electron chi connectivity index (χ2n) is 0.995. The Hall–Kier alpha value is 0.180. The van der Waals surface area contributed by atoms with Crippen LogP contribution in [0.3, 0.4) is 0 Å². The SMILES string of the molecule is C=P(N)(N)N. The summed E-state index contributed by atoms with van der Waals surface area (Å²) in [5, 5.41) is 0. The van der Waals surface area contributed by atoms with Crippen molar-refractivity contribution in [2.24, 2.45) is 16.5 Å². The Kier molecular flexibility index (Phi) is 1.15. The average Bonchev–Trinajstić information content (AvgIpc) is 0.722. The average molecular weight is 93.1 g/mol. The van der Waals surface area contributed by atoms with Gasteiger partial charge in [-0.1, -0.05) is 6.30 Å². The fourth-order valence-corrected chi connectivity index (χ4v) is 0. The molecule has 4 heteroatoms. The Labute approximate surface area is 31.3 Å². The van der Waals surface area contributed by atoms with Gasteiger partial charge >= 0.3 is 0 Å². The Morgan fingerprint density at radius 1 is 1.20 bits per heavy atom. The van der Waals surface area contributed by atoms with Gasteiger partial charge in [0.15, 0.2) is 0 Å². The van der Waals surface area contributed by atoms with Crippen LogP contribution in [-0.4, -0.2) is 6.30 Å². The summed E-state index contributed by atoms with van der Waals surface area (Å²) in [6.07, 6.45) is 3.22. The molecule has 0 aromatic rings. The molecule has 3 nitrogen and oxygen atoms in total. The lowest BCUT2D eigenvalue weighted by molar-refractivity contribution is 1.68. The van der Waals surface area contributed by atoms with E-state index in [1.54, 1.807) is 0 Å². The van der Waals surface area contributed by atoms with Gasteiger partial charge in [-0.2, -0.15) is 0 Å². The quantitative estimate of drug-likeness (QED) is 0.338. The van der Waals surface area contributed by atoms with Crippen molar-refractivity contribution < 1.29 is 0 Å². The molecule has 0 aromatic heterocycles. The Balaban J connectivity index is 3.47. The third kappa shape index (κ3) is 613. The summed E-state index contributed by atoms with van der Waals surface area (Å²) < 4.78 is 0. The number of hydrogen-bond acceptors (Lipinski definition) is 3. The van der Waals surface area contributed by atoms with Gasteiger partial charge in [0.05, 0.1) is 7.34 Å². The molecule has 0 amide bonds. The fraction of sp³-hybridized carbons (Fsp3) is 0. The Morgan fingerprint density at radius 2 is 1.20 bits per heavy atom. The van der Waals surface area contributed by atoms with E-state index < -0.39 is 7.34 Å². The highest BCUT2D eigenvalue weighted by Crippen LogP contribution is 2.05. The zero-order valence-corrected chi connectivity index (χ0v) is 3.78. The fourth-order valence-electron chi connectivity index (χ4n) is 0. The zero-order valence-electron chi connectivity index (χ0n) is 2.89. The van der Waals surface area contributed by atoms with Gasteiger partial charge in [0, 0.05) is 0 Å². The van der Waals surface area contributed by atoms with Crippen LogP contribution in [0, 0.1) is 0 Å². The number of nitrogens with two attached hydrogens (primary N) is 3. The van der Waals surface area contributed by atoms with Gasteiger partial charge < -0.3 is 0 Å². The lowest BCUT2D eigenvalue weighted by atomic mass is 12.0. The van der Waals surface area contributed by atoms with Crippen LogP contribution in [0.2, 0.25) is 0 Å². The molecule has 0 atom stereocenters. The minimum absolute atomic E-state index is 2.14. The standard InChI is InChI=1S/CH8N3P/c1-5(2,3)4/h1-4H2. The van der Waals surface area contributed by atoms with Gasteiger partial charge in [0.2, 0.25) is 0 Å². The van der Waals surface area contributed by atoms with Crippen molar-refractivity contribution in [1.82, 2.24) is 0 Å². The van der Waals surface area contributed by atoms with Crippen molar-refractivity contribution in [2.75, 3.05) is 0 Å².